The maximum atomic E-state index is 13.0. The van der Waals surface area contributed by atoms with E-state index in [1.807, 2.05) is 30.3 Å². The lowest BCUT2D eigenvalue weighted by Gasteiger charge is -2.28. The Morgan fingerprint density at radius 3 is 2.48 bits per heavy atom. The Balaban J connectivity index is 1.96. The molecule has 1 aliphatic rings. The Labute approximate surface area is 186 Å². The van der Waals surface area contributed by atoms with Crippen LogP contribution in [0.3, 0.4) is 0 Å². The minimum atomic E-state index is -0.539. The predicted octanol–water partition coefficient (Wildman–Crippen LogP) is 3.04. The van der Waals surface area contributed by atoms with Gasteiger partial charge in [-0.2, -0.15) is 0 Å². The lowest BCUT2D eigenvalue weighted by molar-refractivity contribution is -0.137. The van der Waals surface area contributed by atoms with Crippen LogP contribution in [-0.4, -0.2) is 52.7 Å². The van der Waals surface area contributed by atoms with Gasteiger partial charge < -0.3 is 20.4 Å². The van der Waals surface area contributed by atoms with Crippen LogP contribution in [0.25, 0.3) is 0 Å². The summed E-state index contributed by atoms with van der Waals surface area (Å²) in [6.07, 6.45) is 8.86. The Hall–Kier alpha value is -2.18. The zero-order valence-corrected chi connectivity index (χ0v) is 18.5. The molecular formula is C25H38N2O4. The number of rotatable bonds is 13. The van der Waals surface area contributed by atoms with Gasteiger partial charge in [-0.3, -0.25) is 9.59 Å². The van der Waals surface area contributed by atoms with Gasteiger partial charge in [0.25, 0.3) is 0 Å². The maximum Gasteiger partial charge on any atom is 0.224 e. The first-order chi connectivity index (χ1) is 15.1. The molecule has 6 heteroatoms. The van der Waals surface area contributed by atoms with Gasteiger partial charge in [0.05, 0.1) is 25.2 Å². The number of nitrogens with one attached hydrogen (secondary N) is 1. The third-order valence-electron chi connectivity index (χ3n) is 6.09. The fourth-order valence-corrected chi connectivity index (χ4v) is 4.36. The SMILES string of the molecule is C=CC[C@H](CC(=O)N(CCO)Cc1ccccc1)C(=O)N[C@H](CO)CC1CCCCC1. The normalized spacial score (nSPS) is 16.3. The minimum Gasteiger partial charge on any atom is -0.395 e. The number of amides is 2. The first kappa shape index (κ1) is 25.1. The van der Waals surface area contributed by atoms with Crippen molar-refractivity contribution in [1.82, 2.24) is 10.2 Å². The molecular weight excluding hydrogens is 392 g/mol. The maximum absolute atomic E-state index is 13.0. The molecule has 1 aromatic carbocycles. The summed E-state index contributed by atoms with van der Waals surface area (Å²) >= 11 is 0. The molecule has 0 aromatic heterocycles. The largest absolute Gasteiger partial charge is 0.395 e. The number of benzene rings is 1. The molecule has 0 spiro atoms. The summed E-state index contributed by atoms with van der Waals surface area (Å²) in [6, 6.07) is 9.32. The van der Waals surface area contributed by atoms with Crippen LogP contribution >= 0.6 is 0 Å². The van der Waals surface area contributed by atoms with Crippen LogP contribution in [0.1, 0.15) is 56.9 Å². The molecule has 6 nitrogen and oxygen atoms in total. The van der Waals surface area contributed by atoms with Crippen molar-refractivity contribution in [3.63, 3.8) is 0 Å². The van der Waals surface area contributed by atoms with Gasteiger partial charge in [-0.25, -0.2) is 0 Å². The van der Waals surface area contributed by atoms with Crippen molar-refractivity contribution in [3.05, 3.63) is 48.6 Å². The smallest absolute Gasteiger partial charge is 0.224 e. The van der Waals surface area contributed by atoms with E-state index in [2.05, 4.69) is 11.9 Å². The van der Waals surface area contributed by atoms with Crippen molar-refractivity contribution in [3.8, 4) is 0 Å². The van der Waals surface area contributed by atoms with Crippen LogP contribution in [0.4, 0.5) is 0 Å². The van der Waals surface area contributed by atoms with Gasteiger partial charge in [0.2, 0.25) is 11.8 Å². The Kier molecular flexibility index (Phi) is 11.3. The van der Waals surface area contributed by atoms with E-state index >= 15 is 0 Å². The van der Waals surface area contributed by atoms with E-state index in [1.54, 1.807) is 11.0 Å². The number of nitrogens with zero attached hydrogens (tertiary/aromatic N) is 1. The predicted molar refractivity (Wildman–Crippen MR) is 122 cm³/mol. The van der Waals surface area contributed by atoms with Gasteiger partial charge in [-0.05, 0) is 24.3 Å². The highest BCUT2D eigenvalue weighted by atomic mass is 16.3. The summed E-state index contributed by atoms with van der Waals surface area (Å²) < 4.78 is 0. The van der Waals surface area contributed by atoms with Crippen molar-refractivity contribution in [2.45, 2.75) is 64.0 Å². The molecule has 2 amide bonds. The van der Waals surface area contributed by atoms with Crippen molar-refractivity contribution in [1.29, 1.82) is 0 Å². The Morgan fingerprint density at radius 1 is 1.16 bits per heavy atom. The Bertz CT molecular complexity index is 673. The van der Waals surface area contributed by atoms with Crippen LogP contribution in [0.5, 0.6) is 0 Å². The number of allylic oxidation sites excluding steroid dienone is 1. The molecule has 172 valence electrons. The summed E-state index contributed by atoms with van der Waals surface area (Å²) in [5.41, 5.74) is 0.974. The van der Waals surface area contributed by atoms with Crippen LogP contribution in [0, 0.1) is 11.8 Å². The summed E-state index contributed by atoms with van der Waals surface area (Å²) in [5.74, 6) is -0.390. The van der Waals surface area contributed by atoms with Gasteiger partial charge in [0.15, 0.2) is 0 Å². The third-order valence-corrected chi connectivity index (χ3v) is 6.09. The van der Waals surface area contributed by atoms with E-state index in [-0.39, 0.29) is 44.0 Å². The van der Waals surface area contributed by atoms with Crippen molar-refractivity contribution in [2.75, 3.05) is 19.8 Å². The third kappa shape index (κ3) is 8.83. The van der Waals surface area contributed by atoms with Gasteiger partial charge in [-0.1, -0.05) is 68.5 Å². The van der Waals surface area contributed by atoms with Gasteiger partial charge in [0.1, 0.15) is 0 Å². The summed E-state index contributed by atoms with van der Waals surface area (Å²) in [6.45, 7) is 4.12. The fraction of sp³-hybridized carbons (Fsp3) is 0.600. The molecule has 0 heterocycles. The molecule has 2 atom stereocenters. The van der Waals surface area contributed by atoms with Gasteiger partial charge >= 0.3 is 0 Å². The molecule has 0 saturated heterocycles. The Morgan fingerprint density at radius 2 is 1.87 bits per heavy atom. The minimum absolute atomic E-state index is 0.0479. The van der Waals surface area contributed by atoms with E-state index in [0.29, 0.717) is 18.9 Å². The van der Waals surface area contributed by atoms with E-state index in [4.69, 9.17) is 0 Å². The number of hydrogen-bond donors (Lipinski definition) is 3. The van der Waals surface area contributed by atoms with Crippen LogP contribution in [0.15, 0.2) is 43.0 Å². The molecule has 0 unspecified atom stereocenters. The monoisotopic (exact) mass is 430 g/mol. The molecule has 0 aliphatic heterocycles. The van der Waals surface area contributed by atoms with E-state index in [1.165, 1.54) is 19.3 Å². The van der Waals surface area contributed by atoms with Gasteiger partial charge in [-0.15, -0.1) is 6.58 Å². The highest BCUT2D eigenvalue weighted by Gasteiger charge is 2.27. The van der Waals surface area contributed by atoms with Gasteiger partial charge in [0, 0.05) is 19.5 Å². The summed E-state index contributed by atoms with van der Waals surface area (Å²) in [5, 5.41) is 22.2. The lowest BCUT2D eigenvalue weighted by Crippen LogP contribution is -2.44. The van der Waals surface area contributed by atoms with Crippen LogP contribution in [-0.2, 0) is 16.1 Å². The standard InChI is InChI=1S/C25H38N2O4/c1-2-9-22(25(31)26-23(19-29)16-20-10-5-3-6-11-20)17-24(30)27(14-15-28)18-21-12-7-4-8-13-21/h2,4,7-8,12-13,20,22-23,28-29H,1,3,5-6,9-11,14-19H2,(H,26,31)/t22-,23+/m1/s1. The number of aliphatic hydroxyl groups is 2. The molecule has 1 fully saturated rings. The van der Waals surface area contributed by atoms with Crippen LogP contribution in [0.2, 0.25) is 0 Å². The average Bonchev–Trinajstić information content (AvgIpc) is 2.79. The molecule has 1 aliphatic carbocycles. The molecule has 31 heavy (non-hydrogen) atoms. The fourth-order valence-electron chi connectivity index (χ4n) is 4.36. The molecule has 0 bridgehead atoms. The molecule has 1 saturated carbocycles. The second-order valence-electron chi connectivity index (χ2n) is 8.58. The topological polar surface area (TPSA) is 89.9 Å². The summed E-state index contributed by atoms with van der Waals surface area (Å²) in [4.78, 5) is 27.5. The van der Waals surface area contributed by atoms with Crippen LogP contribution < -0.4 is 5.32 Å². The number of carbonyl (C=O) groups excluding carboxylic acids is 2. The molecule has 1 aromatic rings. The highest BCUT2D eigenvalue weighted by Crippen LogP contribution is 2.27. The zero-order valence-electron chi connectivity index (χ0n) is 18.5. The number of carbonyl (C=O) groups is 2. The highest BCUT2D eigenvalue weighted by molar-refractivity contribution is 5.86. The first-order valence-corrected chi connectivity index (χ1v) is 11.5. The van der Waals surface area contributed by atoms with E-state index < -0.39 is 5.92 Å². The van der Waals surface area contributed by atoms with Crippen molar-refractivity contribution < 1.29 is 19.8 Å². The number of hydrogen-bond acceptors (Lipinski definition) is 4. The van der Waals surface area contributed by atoms with E-state index in [0.717, 1.165) is 24.8 Å². The second kappa shape index (κ2) is 14.0. The van der Waals surface area contributed by atoms with Crippen molar-refractivity contribution >= 4 is 11.8 Å². The summed E-state index contributed by atoms with van der Waals surface area (Å²) in [7, 11) is 0. The number of aliphatic hydroxyl groups excluding tert-OH is 2. The lowest BCUT2D eigenvalue weighted by atomic mass is 9.85. The van der Waals surface area contributed by atoms with E-state index in [9.17, 15) is 19.8 Å². The second-order valence-corrected chi connectivity index (χ2v) is 8.58. The zero-order chi connectivity index (χ0) is 22.5. The first-order valence-electron chi connectivity index (χ1n) is 11.5. The molecule has 0 radical (unpaired) electrons. The quantitative estimate of drug-likeness (QED) is 0.420. The average molecular weight is 431 g/mol. The van der Waals surface area contributed by atoms with Crippen molar-refractivity contribution in [2.24, 2.45) is 11.8 Å². The molecule has 3 N–H and O–H groups in total. The molecule has 2 rings (SSSR count).